The van der Waals surface area contributed by atoms with Crippen LogP contribution in [0.4, 0.5) is 4.39 Å². The van der Waals surface area contributed by atoms with Crippen molar-refractivity contribution in [2.24, 2.45) is 0 Å². The molecule has 0 aromatic carbocycles. The summed E-state index contributed by atoms with van der Waals surface area (Å²) in [6, 6.07) is 2.79. The van der Waals surface area contributed by atoms with Crippen molar-refractivity contribution in [3.05, 3.63) is 29.8 Å². The molecule has 0 N–H and O–H groups in total. The number of hydrogen-bond acceptors (Lipinski definition) is 1. The molecule has 0 saturated heterocycles. The Kier molecular flexibility index (Phi) is 5.35. The van der Waals surface area contributed by atoms with Crippen LogP contribution in [0.15, 0.2) is 18.3 Å². The molecule has 0 unspecified atom stereocenters. The van der Waals surface area contributed by atoms with Crippen LogP contribution in [0.3, 0.4) is 0 Å². The molecule has 0 aliphatic carbocycles. The first-order chi connectivity index (χ1) is 5.33. The predicted octanol–water partition coefficient (Wildman–Crippen LogP) is 2.81. The molecule has 62 valence electrons. The first kappa shape index (κ1) is 10.1. The van der Waals surface area contributed by atoms with Gasteiger partial charge in [-0.05, 0) is 18.6 Å². The zero-order valence-electron chi connectivity index (χ0n) is 7.26. The molecule has 0 atom stereocenters. The summed E-state index contributed by atoms with van der Waals surface area (Å²) in [6.07, 6.45) is 2.27. The standard InChI is InChI=1S/C7H8FN.C2H6/c1-2-7-5-6(8)3-4-9-7;1-2/h3-5H,2H2,1H3;1-2H3. The van der Waals surface area contributed by atoms with Crippen LogP contribution in [0, 0.1) is 5.82 Å². The van der Waals surface area contributed by atoms with Crippen LogP contribution in [-0.2, 0) is 6.42 Å². The van der Waals surface area contributed by atoms with Crippen molar-refractivity contribution < 1.29 is 4.39 Å². The third kappa shape index (κ3) is 3.71. The molecular formula is C9H14FN. The molecule has 0 aliphatic heterocycles. The van der Waals surface area contributed by atoms with Gasteiger partial charge in [0.25, 0.3) is 0 Å². The van der Waals surface area contributed by atoms with Crippen LogP contribution in [0.1, 0.15) is 26.5 Å². The topological polar surface area (TPSA) is 12.9 Å². The summed E-state index contributed by atoms with van der Waals surface area (Å²) in [7, 11) is 0. The molecule has 11 heavy (non-hydrogen) atoms. The smallest absolute Gasteiger partial charge is 0.126 e. The molecule has 1 heterocycles. The lowest BCUT2D eigenvalue weighted by Gasteiger charge is -1.91. The average Bonchev–Trinajstić information content (AvgIpc) is 2.08. The number of rotatable bonds is 1. The van der Waals surface area contributed by atoms with Crippen LogP contribution >= 0.6 is 0 Å². The second-order valence-corrected chi connectivity index (χ2v) is 1.82. The second-order valence-electron chi connectivity index (χ2n) is 1.82. The minimum atomic E-state index is -0.207. The highest BCUT2D eigenvalue weighted by Gasteiger charge is 1.90. The fraction of sp³-hybridized carbons (Fsp3) is 0.444. The van der Waals surface area contributed by atoms with E-state index in [1.165, 1.54) is 18.3 Å². The minimum absolute atomic E-state index is 0.207. The summed E-state index contributed by atoms with van der Waals surface area (Å²) in [4.78, 5) is 3.92. The lowest BCUT2D eigenvalue weighted by Crippen LogP contribution is -1.85. The average molecular weight is 155 g/mol. The maximum Gasteiger partial charge on any atom is 0.126 e. The van der Waals surface area contributed by atoms with E-state index >= 15 is 0 Å². The van der Waals surface area contributed by atoms with E-state index in [9.17, 15) is 4.39 Å². The van der Waals surface area contributed by atoms with Gasteiger partial charge in [-0.15, -0.1) is 0 Å². The Morgan fingerprint density at radius 2 is 2.09 bits per heavy atom. The molecule has 1 rings (SSSR count). The number of halogens is 1. The van der Waals surface area contributed by atoms with E-state index in [-0.39, 0.29) is 5.82 Å². The van der Waals surface area contributed by atoms with E-state index in [1.54, 1.807) is 0 Å². The maximum atomic E-state index is 12.3. The van der Waals surface area contributed by atoms with E-state index in [0.29, 0.717) is 0 Å². The van der Waals surface area contributed by atoms with Gasteiger partial charge in [0.15, 0.2) is 0 Å². The Bertz CT molecular complexity index is 199. The van der Waals surface area contributed by atoms with E-state index in [1.807, 2.05) is 20.8 Å². The third-order valence-electron chi connectivity index (χ3n) is 1.14. The molecule has 0 saturated carbocycles. The van der Waals surface area contributed by atoms with Gasteiger partial charge in [-0.3, -0.25) is 4.98 Å². The molecule has 0 bridgehead atoms. The van der Waals surface area contributed by atoms with Crippen molar-refractivity contribution in [1.82, 2.24) is 4.98 Å². The third-order valence-corrected chi connectivity index (χ3v) is 1.14. The Morgan fingerprint density at radius 1 is 1.45 bits per heavy atom. The normalized spacial score (nSPS) is 8.36. The van der Waals surface area contributed by atoms with Crippen LogP contribution in [0.5, 0.6) is 0 Å². The number of hydrogen-bond donors (Lipinski definition) is 0. The van der Waals surface area contributed by atoms with Gasteiger partial charge in [0.05, 0.1) is 0 Å². The van der Waals surface area contributed by atoms with Crippen LogP contribution in [0.2, 0.25) is 0 Å². The van der Waals surface area contributed by atoms with Gasteiger partial charge < -0.3 is 0 Å². The van der Waals surface area contributed by atoms with Gasteiger partial charge in [-0.2, -0.15) is 0 Å². The van der Waals surface area contributed by atoms with E-state index in [2.05, 4.69) is 4.98 Å². The number of aromatic nitrogens is 1. The van der Waals surface area contributed by atoms with Gasteiger partial charge >= 0.3 is 0 Å². The summed E-state index contributed by atoms with van der Waals surface area (Å²) < 4.78 is 12.3. The predicted molar refractivity (Wildman–Crippen MR) is 44.9 cm³/mol. The Labute approximate surface area is 67.3 Å². The SMILES string of the molecule is CC.CCc1cc(F)ccn1. The van der Waals surface area contributed by atoms with Gasteiger partial charge in [-0.1, -0.05) is 20.8 Å². The first-order valence-corrected chi connectivity index (χ1v) is 3.93. The first-order valence-electron chi connectivity index (χ1n) is 3.93. The van der Waals surface area contributed by atoms with Crippen molar-refractivity contribution in [2.45, 2.75) is 27.2 Å². The molecule has 1 aromatic rings. The van der Waals surface area contributed by atoms with Crippen LogP contribution in [0.25, 0.3) is 0 Å². The molecule has 0 aliphatic rings. The van der Waals surface area contributed by atoms with Crippen molar-refractivity contribution in [1.29, 1.82) is 0 Å². The van der Waals surface area contributed by atoms with Gasteiger partial charge in [0.1, 0.15) is 5.82 Å². The zero-order valence-corrected chi connectivity index (χ0v) is 7.26. The molecule has 1 nitrogen and oxygen atoms in total. The fourth-order valence-electron chi connectivity index (χ4n) is 0.642. The van der Waals surface area contributed by atoms with E-state index < -0.39 is 0 Å². The summed E-state index contributed by atoms with van der Waals surface area (Å²) >= 11 is 0. The molecule has 0 spiro atoms. The zero-order chi connectivity index (χ0) is 8.69. The second kappa shape index (κ2) is 5.83. The van der Waals surface area contributed by atoms with Gasteiger partial charge in [-0.25, -0.2) is 4.39 Å². The summed E-state index contributed by atoms with van der Waals surface area (Å²) in [6.45, 7) is 5.95. The molecular weight excluding hydrogens is 141 g/mol. The highest BCUT2D eigenvalue weighted by molar-refractivity contribution is 5.05. The van der Waals surface area contributed by atoms with Gasteiger partial charge in [0, 0.05) is 11.9 Å². The quantitative estimate of drug-likeness (QED) is 0.607. The monoisotopic (exact) mass is 155 g/mol. The summed E-state index contributed by atoms with van der Waals surface area (Å²) in [5, 5.41) is 0. The molecule has 1 aromatic heterocycles. The van der Waals surface area contributed by atoms with E-state index in [0.717, 1.165) is 12.1 Å². The maximum absolute atomic E-state index is 12.3. The lowest BCUT2D eigenvalue weighted by molar-refractivity contribution is 0.622. The molecule has 0 radical (unpaired) electrons. The Balaban J connectivity index is 0.000000461. The molecule has 2 heteroatoms. The number of aryl methyl sites for hydroxylation is 1. The fourth-order valence-corrected chi connectivity index (χ4v) is 0.642. The molecule has 0 fully saturated rings. The molecule has 0 amide bonds. The Hall–Kier alpha value is -0.920. The van der Waals surface area contributed by atoms with Crippen molar-refractivity contribution in [3.8, 4) is 0 Å². The summed E-state index contributed by atoms with van der Waals surface area (Å²) in [5.41, 5.74) is 0.801. The number of nitrogens with zero attached hydrogens (tertiary/aromatic N) is 1. The highest BCUT2D eigenvalue weighted by atomic mass is 19.1. The van der Waals surface area contributed by atoms with Crippen molar-refractivity contribution >= 4 is 0 Å². The van der Waals surface area contributed by atoms with Crippen molar-refractivity contribution in [3.63, 3.8) is 0 Å². The lowest BCUT2D eigenvalue weighted by atomic mass is 10.3. The van der Waals surface area contributed by atoms with Crippen molar-refractivity contribution in [2.75, 3.05) is 0 Å². The Morgan fingerprint density at radius 3 is 2.45 bits per heavy atom. The number of pyridine rings is 1. The largest absolute Gasteiger partial charge is 0.261 e. The van der Waals surface area contributed by atoms with Crippen LogP contribution in [-0.4, -0.2) is 4.98 Å². The van der Waals surface area contributed by atoms with Crippen LogP contribution < -0.4 is 0 Å². The summed E-state index contributed by atoms with van der Waals surface area (Å²) in [5.74, 6) is -0.207. The van der Waals surface area contributed by atoms with Gasteiger partial charge in [0.2, 0.25) is 0 Å². The highest BCUT2D eigenvalue weighted by Crippen LogP contribution is 1.98. The van der Waals surface area contributed by atoms with E-state index in [4.69, 9.17) is 0 Å². The minimum Gasteiger partial charge on any atom is -0.261 e.